The number of nitrogens with one attached hydrogen (secondary N) is 1. The molecule has 4 rings (SSSR count). The first-order chi connectivity index (χ1) is 18.7. The van der Waals surface area contributed by atoms with Gasteiger partial charge in [-0.3, -0.25) is 0 Å². The molecule has 0 saturated heterocycles. The lowest BCUT2D eigenvalue weighted by atomic mass is 9.92. The predicted molar refractivity (Wildman–Crippen MR) is 148 cm³/mol. The van der Waals surface area contributed by atoms with Gasteiger partial charge in [-0.15, -0.1) is 0 Å². The van der Waals surface area contributed by atoms with E-state index in [-0.39, 0.29) is 36.4 Å². The summed E-state index contributed by atoms with van der Waals surface area (Å²) in [5, 5.41) is 11.4. The van der Waals surface area contributed by atoms with Crippen molar-refractivity contribution in [2.45, 2.75) is 39.5 Å². The van der Waals surface area contributed by atoms with Gasteiger partial charge >= 0.3 is 11.9 Å². The van der Waals surface area contributed by atoms with E-state index in [1.807, 2.05) is 13.8 Å². The third kappa shape index (κ3) is 5.85. The Bertz CT molecular complexity index is 1510. The van der Waals surface area contributed by atoms with E-state index >= 15 is 0 Å². The van der Waals surface area contributed by atoms with Gasteiger partial charge in [-0.2, -0.15) is 0 Å². The van der Waals surface area contributed by atoms with Crippen molar-refractivity contribution in [1.29, 1.82) is 0 Å². The molecule has 7 nitrogen and oxygen atoms in total. The topological polar surface area (TPSA) is 102 Å². The number of carbonyl (C=O) groups excluding carboxylic acids is 2. The monoisotopic (exact) mass is 530 g/mol. The van der Waals surface area contributed by atoms with Crippen LogP contribution in [-0.4, -0.2) is 40.2 Å². The highest BCUT2D eigenvalue weighted by Crippen LogP contribution is 2.41. The molecule has 0 aliphatic carbocycles. The lowest BCUT2D eigenvalue weighted by molar-refractivity contribution is 0.0522. The van der Waals surface area contributed by atoms with Gasteiger partial charge in [0.05, 0.1) is 34.3 Å². The van der Waals surface area contributed by atoms with Gasteiger partial charge in [-0.1, -0.05) is 50.8 Å². The number of aromatic amines is 1. The summed E-state index contributed by atoms with van der Waals surface area (Å²) in [4.78, 5) is 33.7. The van der Waals surface area contributed by atoms with E-state index in [1.54, 1.807) is 43.3 Å². The minimum atomic E-state index is -0.572. The number of aromatic hydroxyl groups is 1. The number of esters is 2. The number of ether oxygens (including phenoxy) is 2. The zero-order valence-electron chi connectivity index (χ0n) is 22.2. The number of benzene rings is 2. The van der Waals surface area contributed by atoms with Crippen LogP contribution in [-0.2, 0) is 22.3 Å². The largest absolute Gasteiger partial charge is 0.494 e. The van der Waals surface area contributed by atoms with Crippen molar-refractivity contribution in [3.8, 4) is 17.0 Å². The van der Waals surface area contributed by atoms with Crippen molar-refractivity contribution in [2.75, 3.05) is 13.2 Å². The summed E-state index contributed by atoms with van der Waals surface area (Å²) in [6.07, 6.45) is 2.37. The SMILES string of the molecule is C=CCOC(=O)c1ccc(-c2c(C(=O)OCC)c(CCc3ccc(F)cc3)nc3c(C(C)C)[nH]c(O)c23)cc1. The van der Waals surface area contributed by atoms with Gasteiger partial charge in [-0.05, 0) is 61.1 Å². The Morgan fingerprint density at radius 2 is 1.74 bits per heavy atom. The molecule has 0 unspecified atom stereocenters. The highest BCUT2D eigenvalue weighted by molar-refractivity contribution is 6.10. The number of pyridine rings is 1. The first-order valence-electron chi connectivity index (χ1n) is 12.8. The van der Waals surface area contributed by atoms with Crippen LogP contribution in [0.3, 0.4) is 0 Å². The van der Waals surface area contributed by atoms with Crippen LogP contribution in [0, 0.1) is 5.82 Å². The number of aromatic nitrogens is 2. The maximum absolute atomic E-state index is 13.4. The van der Waals surface area contributed by atoms with E-state index in [4.69, 9.17) is 14.5 Å². The lowest BCUT2D eigenvalue weighted by Gasteiger charge is -2.16. The summed E-state index contributed by atoms with van der Waals surface area (Å²) in [5.74, 6) is -1.50. The molecule has 0 fully saturated rings. The molecule has 4 aromatic rings. The Morgan fingerprint density at radius 3 is 2.36 bits per heavy atom. The van der Waals surface area contributed by atoms with E-state index in [9.17, 15) is 19.1 Å². The molecule has 202 valence electrons. The number of hydrogen-bond acceptors (Lipinski definition) is 6. The Balaban J connectivity index is 1.93. The van der Waals surface area contributed by atoms with Gasteiger partial charge in [0.25, 0.3) is 0 Å². The van der Waals surface area contributed by atoms with E-state index in [1.165, 1.54) is 18.2 Å². The van der Waals surface area contributed by atoms with Gasteiger partial charge in [-0.25, -0.2) is 19.0 Å². The number of H-pyrrole nitrogens is 1. The van der Waals surface area contributed by atoms with Crippen LogP contribution in [0.5, 0.6) is 5.88 Å². The number of fused-ring (bicyclic) bond motifs is 1. The summed E-state index contributed by atoms with van der Waals surface area (Å²) < 4.78 is 24.0. The summed E-state index contributed by atoms with van der Waals surface area (Å²) in [7, 11) is 0. The second-order valence-electron chi connectivity index (χ2n) is 9.39. The minimum Gasteiger partial charge on any atom is -0.494 e. The first-order valence-corrected chi connectivity index (χ1v) is 12.8. The van der Waals surface area contributed by atoms with Crippen LogP contribution >= 0.6 is 0 Å². The molecule has 2 aromatic carbocycles. The van der Waals surface area contributed by atoms with Crippen LogP contribution < -0.4 is 0 Å². The maximum Gasteiger partial charge on any atom is 0.340 e. The van der Waals surface area contributed by atoms with Crippen LogP contribution in [0.15, 0.2) is 61.2 Å². The normalized spacial score (nSPS) is 11.1. The number of halogens is 1. The fraction of sp³-hybridized carbons (Fsp3) is 0.258. The zero-order valence-corrected chi connectivity index (χ0v) is 22.2. The van der Waals surface area contributed by atoms with E-state index in [0.29, 0.717) is 46.1 Å². The molecule has 0 aliphatic heterocycles. The van der Waals surface area contributed by atoms with E-state index in [0.717, 1.165) is 11.3 Å². The fourth-order valence-corrected chi connectivity index (χ4v) is 4.52. The third-order valence-electron chi connectivity index (χ3n) is 6.38. The van der Waals surface area contributed by atoms with Crippen molar-refractivity contribution in [3.05, 3.63) is 95.1 Å². The average molecular weight is 531 g/mol. The molecule has 2 heterocycles. The van der Waals surface area contributed by atoms with E-state index in [2.05, 4.69) is 11.6 Å². The van der Waals surface area contributed by atoms with Crippen molar-refractivity contribution in [1.82, 2.24) is 9.97 Å². The van der Waals surface area contributed by atoms with Gasteiger partial charge in [0, 0.05) is 11.3 Å². The standard InChI is InChI=1S/C31H31FN2O5/c1-5-17-39-30(36)21-12-10-20(11-13-21)24-25(31(37)38-6-2)23(16-9-19-7-14-22(32)15-8-19)33-28-26(24)29(35)34-27(28)18(3)4/h5,7-8,10-15,18,34-35H,1,6,9,16-17H2,2-4H3. The molecule has 0 amide bonds. The van der Waals surface area contributed by atoms with Crippen molar-refractivity contribution in [3.63, 3.8) is 0 Å². The summed E-state index contributed by atoms with van der Waals surface area (Å²) >= 11 is 0. The highest BCUT2D eigenvalue weighted by atomic mass is 19.1. The summed E-state index contributed by atoms with van der Waals surface area (Å²) in [6, 6.07) is 12.8. The van der Waals surface area contributed by atoms with Crippen molar-refractivity contribution >= 4 is 22.8 Å². The van der Waals surface area contributed by atoms with Gasteiger partial charge in [0.2, 0.25) is 0 Å². The molecule has 0 bridgehead atoms. The number of rotatable bonds is 10. The molecule has 0 radical (unpaired) electrons. The van der Waals surface area contributed by atoms with Crippen molar-refractivity contribution in [2.24, 2.45) is 0 Å². The maximum atomic E-state index is 13.4. The molecule has 2 aromatic heterocycles. The number of hydrogen-bond donors (Lipinski definition) is 2. The number of nitrogens with zero attached hydrogens (tertiary/aromatic N) is 1. The van der Waals surface area contributed by atoms with Crippen LogP contribution in [0.2, 0.25) is 0 Å². The van der Waals surface area contributed by atoms with Gasteiger partial charge < -0.3 is 19.6 Å². The Labute approximate surface area is 226 Å². The average Bonchev–Trinajstić information content (AvgIpc) is 3.27. The minimum absolute atomic E-state index is 0.00847. The predicted octanol–water partition coefficient (Wildman–Crippen LogP) is 6.50. The van der Waals surface area contributed by atoms with Crippen LogP contribution in [0.25, 0.3) is 22.0 Å². The lowest BCUT2D eigenvalue weighted by Crippen LogP contribution is -2.13. The first kappa shape index (κ1) is 27.6. The fourth-order valence-electron chi connectivity index (χ4n) is 4.52. The molecule has 2 N–H and O–H groups in total. The second-order valence-corrected chi connectivity index (χ2v) is 9.39. The summed E-state index contributed by atoms with van der Waals surface area (Å²) in [5.41, 5.74) is 4.28. The van der Waals surface area contributed by atoms with E-state index < -0.39 is 11.9 Å². The molecule has 8 heteroatoms. The number of carbonyl (C=O) groups is 2. The second kappa shape index (κ2) is 11.9. The molecule has 0 saturated carbocycles. The highest BCUT2D eigenvalue weighted by Gasteiger charge is 2.28. The Kier molecular flexibility index (Phi) is 8.44. The molecule has 39 heavy (non-hydrogen) atoms. The summed E-state index contributed by atoms with van der Waals surface area (Å²) in [6.45, 7) is 9.47. The molecular weight excluding hydrogens is 499 g/mol. The quantitative estimate of drug-likeness (QED) is 0.179. The van der Waals surface area contributed by atoms with Gasteiger partial charge in [0.15, 0.2) is 5.88 Å². The molecule has 0 aliphatic rings. The van der Waals surface area contributed by atoms with Gasteiger partial charge in [0.1, 0.15) is 12.4 Å². The Hall–Kier alpha value is -4.46. The zero-order chi connectivity index (χ0) is 28.1. The Morgan fingerprint density at radius 1 is 1.05 bits per heavy atom. The number of aryl methyl sites for hydroxylation is 2. The molecule has 0 atom stereocenters. The van der Waals surface area contributed by atoms with Crippen LogP contribution in [0.4, 0.5) is 4.39 Å². The smallest absolute Gasteiger partial charge is 0.340 e. The van der Waals surface area contributed by atoms with Crippen molar-refractivity contribution < 1.29 is 28.6 Å². The molecular formula is C31H31FN2O5. The molecule has 0 spiro atoms. The van der Waals surface area contributed by atoms with Crippen LogP contribution in [0.1, 0.15) is 64.4 Å². The third-order valence-corrected chi connectivity index (χ3v) is 6.38.